The number of anilines is 1. The first kappa shape index (κ1) is 33.4. The molecule has 2 aromatic carbocycles. The first-order valence-electron chi connectivity index (χ1n) is 13.9. The highest BCUT2D eigenvalue weighted by Gasteiger charge is 2.63. The van der Waals surface area contributed by atoms with Gasteiger partial charge in [-0.05, 0) is 96.7 Å². The zero-order valence-electron chi connectivity index (χ0n) is 24.4. The number of benzene rings is 2. The van der Waals surface area contributed by atoms with Crippen LogP contribution in [-0.4, -0.2) is 43.3 Å². The second-order valence-electron chi connectivity index (χ2n) is 12.1. The molecule has 1 N–H and O–H groups in total. The van der Waals surface area contributed by atoms with E-state index in [0.717, 1.165) is 36.1 Å². The summed E-state index contributed by atoms with van der Waals surface area (Å²) in [5.41, 5.74) is 6.71. The number of aryl methyl sites for hydroxylation is 1. The number of allylic oxidation sites excluding steroid dienone is 1. The van der Waals surface area contributed by atoms with Gasteiger partial charge in [-0.25, -0.2) is 0 Å². The summed E-state index contributed by atoms with van der Waals surface area (Å²) in [4.78, 5) is 14.4. The fourth-order valence-electron chi connectivity index (χ4n) is 7.42. The molecule has 0 unspecified atom stereocenters. The molecule has 2 saturated carbocycles. The van der Waals surface area contributed by atoms with Gasteiger partial charge in [0.2, 0.25) is 0 Å². The first-order valence-corrected chi connectivity index (χ1v) is 13.9. The third-order valence-corrected chi connectivity index (χ3v) is 9.61. The van der Waals surface area contributed by atoms with Gasteiger partial charge in [0.05, 0.1) is 12.7 Å². The summed E-state index contributed by atoms with van der Waals surface area (Å²) in [7, 11) is 4.11. The average Bonchev–Trinajstić information content (AvgIpc) is 3.17. The van der Waals surface area contributed by atoms with E-state index in [1.54, 1.807) is 6.08 Å². The van der Waals surface area contributed by atoms with Crippen LogP contribution < -0.4 is 4.90 Å². The van der Waals surface area contributed by atoms with Gasteiger partial charge in [-0.1, -0.05) is 43.0 Å². The SMILES string of the molecule is Cc1cccc(C#C[C@]2(O)CC[C@H]3[C@@H]4OCC5=CC(=O)CCC5=C4[C@@H](c4ccc(N(C)C)cc4)C[C@@]32C)c1.S.S.S. The lowest BCUT2D eigenvalue weighted by molar-refractivity contribution is -0.115. The molecule has 6 rings (SSSR count). The average molecular weight is 610 g/mol. The number of ketones is 1. The van der Waals surface area contributed by atoms with Crippen LogP contribution in [0, 0.1) is 30.1 Å². The van der Waals surface area contributed by atoms with Gasteiger partial charge in [-0.3, -0.25) is 4.79 Å². The Balaban J connectivity index is 0.00000154. The summed E-state index contributed by atoms with van der Waals surface area (Å²) in [6.45, 7) is 4.77. The minimum Gasteiger partial charge on any atom is -0.378 e. The smallest absolute Gasteiger partial charge is 0.156 e. The third kappa shape index (κ3) is 5.79. The van der Waals surface area contributed by atoms with E-state index < -0.39 is 11.0 Å². The van der Waals surface area contributed by atoms with Gasteiger partial charge in [-0.15, -0.1) is 0 Å². The molecule has 0 spiro atoms. The fraction of sp³-hybridized carbons (Fsp3) is 0.441. The molecule has 220 valence electrons. The van der Waals surface area contributed by atoms with Crippen LogP contribution in [0.15, 0.2) is 71.3 Å². The molecule has 1 heterocycles. The van der Waals surface area contributed by atoms with Crippen molar-refractivity contribution in [2.75, 3.05) is 25.6 Å². The van der Waals surface area contributed by atoms with Crippen LogP contribution in [0.3, 0.4) is 0 Å². The number of nitrogens with zero attached hydrogens (tertiary/aromatic N) is 1. The molecule has 0 amide bonds. The highest BCUT2D eigenvalue weighted by molar-refractivity contribution is 7.59. The Labute approximate surface area is 266 Å². The quantitative estimate of drug-likeness (QED) is 0.420. The number of hydrogen-bond acceptors (Lipinski definition) is 4. The number of fused-ring (bicyclic) bond motifs is 4. The number of carbonyl (C=O) groups is 1. The van der Waals surface area contributed by atoms with Gasteiger partial charge in [-0.2, -0.15) is 40.5 Å². The van der Waals surface area contributed by atoms with Crippen LogP contribution in [0.4, 0.5) is 5.69 Å². The van der Waals surface area contributed by atoms with E-state index in [0.29, 0.717) is 19.4 Å². The molecular formula is C34H43NO3S3. The molecule has 0 saturated heterocycles. The topological polar surface area (TPSA) is 49.8 Å². The lowest BCUT2D eigenvalue weighted by atomic mass is 9.55. The molecule has 2 aromatic rings. The van der Waals surface area contributed by atoms with E-state index in [4.69, 9.17) is 4.74 Å². The molecule has 2 fully saturated rings. The molecule has 7 heteroatoms. The Morgan fingerprint density at radius 3 is 2.46 bits per heavy atom. The third-order valence-electron chi connectivity index (χ3n) is 9.61. The monoisotopic (exact) mass is 609 g/mol. The number of ether oxygens (including phenoxy) is 1. The molecule has 0 radical (unpaired) electrons. The van der Waals surface area contributed by atoms with E-state index in [1.165, 1.54) is 22.3 Å². The maximum Gasteiger partial charge on any atom is 0.156 e. The van der Waals surface area contributed by atoms with Crippen LogP contribution in [0.1, 0.15) is 61.6 Å². The summed E-state index contributed by atoms with van der Waals surface area (Å²) in [5, 5.41) is 12.2. The summed E-state index contributed by atoms with van der Waals surface area (Å²) in [6.07, 6.45) is 5.41. The number of rotatable bonds is 2. The van der Waals surface area contributed by atoms with E-state index >= 15 is 0 Å². The largest absolute Gasteiger partial charge is 0.378 e. The Bertz CT molecular complexity index is 1420. The molecule has 5 atom stereocenters. The van der Waals surface area contributed by atoms with Crippen molar-refractivity contribution in [3.8, 4) is 11.8 Å². The lowest BCUT2D eigenvalue weighted by Crippen LogP contribution is -2.53. The Morgan fingerprint density at radius 2 is 1.78 bits per heavy atom. The highest BCUT2D eigenvalue weighted by Crippen LogP contribution is 2.64. The maximum atomic E-state index is 12.3. The molecule has 0 aromatic heterocycles. The van der Waals surface area contributed by atoms with E-state index in [9.17, 15) is 9.90 Å². The number of carbonyl (C=O) groups excluding carboxylic acids is 1. The number of hydrogen-bond donors (Lipinski definition) is 1. The summed E-state index contributed by atoms with van der Waals surface area (Å²) >= 11 is 0. The maximum absolute atomic E-state index is 12.3. The minimum atomic E-state index is -1.10. The molecule has 4 aliphatic rings. The van der Waals surface area contributed by atoms with Crippen molar-refractivity contribution < 1.29 is 14.6 Å². The zero-order chi connectivity index (χ0) is 26.7. The molecule has 0 bridgehead atoms. The highest BCUT2D eigenvalue weighted by atomic mass is 32.1. The van der Waals surface area contributed by atoms with Crippen molar-refractivity contribution in [1.29, 1.82) is 0 Å². The van der Waals surface area contributed by atoms with Crippen molar-refractivity contribution in [1.82, 2.24) is 0 Å². The van der Waals surface area contributed by atoms with Gasteiger partial charge in [0, 0.05) is 43.1 Å². The Hall–Kier alpha value is -2.08. The van der Waals surface area contributed by atoms with Crippen molar-refractivity contribution in [3.05, 3.63) is 88.0 Å². The van der Waals surface area contributed by atoms with Crippen LogP contribution in [0.5, 0.6) is 0 Å². The number of aliphatic hydroxyl groups is 1. The predicted molar refractivity (Wildman–Crippen MR) is 182 cm³/mol. The van der Waals surface area contributed by atoms with Crippen molar-refractivity contribution >= 4 is 52.0 Å². The summed E-state index contributed by atoms with van der Waals surface area (Å²) < 4.78 is 6.62. The van der Waals surface area contributed by atoms with Crippen LogP contribution in [-0.2, 0) is 9.53 Å². The van der Waals surface area contributed by atoms with Crippen LogP contribution in [0.25, 0.3) is 0 Å². The van der Waals surface area contributed by atoms with Gasteiger partial charge in [0.25, 0.3) is 0 Å². The minimum absolute atomic E-state index is 0. The standard InChI is InChI=1S/C34H37NO3.3H2S/c1-22-6-5-7-23(18-22)14-16-34(37)17-15-30-32-31(28-13-12-27(36)19-25(28)21-38-32)29(20-33(30,34)2)24-8-10-26(11-9-24)35(3)4;;;/h5-11,18-19,29-30,32,37H,12-13,15,17,20-21H2,1-4H3;3*1H2/t29-,30+,32+,33+,34+;;;/m1.../s1. The fourth-order valence-corrected chi connectivity index (χ4v) is 7.42. The van der Waals surface area contributed by atoms with Crippen molar-refractivity contribution in [2.24, 2.45) is 11.3 Å². The molecule has 4 nitrogen and oxygen atoms in total. The normalized spacial score (nSPS) is 29.6. The van der Waals surface area contributed by atoms with Crippen LogP contribution in [0.2, 0.25) is 0 Å². The van der Waals surface area contributed by atoms with E-state index in [2.05, 4.69) is 81.1 Å². The zero-order valence-corrected chi connectivity index (χ0v) is 27.4. The molecule has 3 aliphatic carbocycles. The molecule has 1 aliphatic heterocycles. The van der Waals surface area contributed by atoms with E-state index in [-0.39, 0.29) is 64.2 Å². The first-order chi connectivity index (χ1) is 18.2. The molecule has 41 heavy (non-hydrogen) atoms. The predicted octanol–water partition coefficient (Wildman–Crippen LogP) is 6.07. The van der Waals surface area contributed by atoms with E-state index in [1.807, 2.05) is 12.1 Å². The summed E-state index contributed by atoms with van der Waals surface area (Å²) in [5.74, 6) is 7.16. The Morgan fingerprint density at radius 1 is 1.05 bits per heavy atom. The summed E-state index contributed by atoms with van der Waals surface area (Å²) in [6, 6.07) is 17.0. The van der Waals surface area contributed by atoms with Crippen molar-refractivity contribution in [2.45, 2.75) is 63.6 Å². The van der Waals surface area contributed by atoms with Crippen molar-refractivity contribution in [3.63, 3.8) is 0 Å². The van der Waals surface area contributed by atoms with Gasteiger partial charge in [0.15, 0.2) is 5.78 Å². The van der Waals surface area contributed by atoms with Gasteiger partial charge < -0.3 is 14.7 Å². The Kier molecular flexibility index (Phi) is 10.3. The lowest BCUT2D eigenvalue weighted by Gasteiger charge is -2.53. The van der Waals surface area contributed by atoms with Gasteiger partial charge in [0.1, 0.15) is 5.60 Å². The van der Waals surface area contributed by atoms with Gasteiger partial charge >= 0.3 is 0 Å². The van der Waals surface area contributed by atoms with Crippen LogP contribution >= 0.6 is 40.5 Å². The second-order valence-corrected chi connectivity index (χ2v) is 12.1. The molecular weight excluding hydrogens is 567 g/mol. The second kappa shape index (κ2) is 12.7.